The largest absolute Gasteiger partial charge is 0.300 e. The number of rotatable bonds is 5. The molecule has 0 aliphatic rings. The van der Waals surface area contributed by atoms with E-state index >= 15 is 0 Å². The molecule has 1 unspecified atom stereocenters. The van der Waals surface area contributed by atoms with Gasteiger partial charge in [0.1, 0.15) is 11.0 Å². The van der Waals surface area contributed by atoms with Gasteiger partial charge in [-0.05, 0) is 52.6 Å². The summed E-state index contributed by atoms with van der Waals surface area (Å²) in [5, 5.41) is 9.60. The average Bonchev–Trinajstić information content (AvgIpc) is 2.60. The van der Waals surface area contributed by atoms with Crippen LogP contribution in [0.2, 0.25) is 0 Å². The van der Waals surface area contributed by atoms with Crippen LogP contribution in [0.5, 0.6) is 0 Å². The van der Waals surface area contributed by atoms with E-state index in [9.17, 15) is 4.21 Å². The van der Waals surface area contributed by atoms with Crippen LogP contribution in [0.4, 0.5) is 5.69 Å². The number of hydrogen-bond donors (Lipinski definition) is 2. The van der Waals surface area contributed by atoms with E-state index in [0.717, 1.165) is 28.1 Å². The van der Waals surface area contributed by atoms with Crippen LogP contribution in [-0.4, -0.2) is 4.21 Å². The smallest absolute Gasteiger partial charge is 0.142 e. The fourth-order valence-corrected chi connectivity index (χ4v) is 3.46. The first-order chi connectivity index (χ1) is 11.3. The Bertz CT molecular complexity index is 878. The molecule has 3 aromatic rings. The highest BCUT2D eigenvalue weighted by molar-refractivity contribution is 7.97. The van der Waals surface area contributed by atoms with E-state index in [-0.39, 0.29) is 0 Å². The van der Waals surface area contributed by atoms with Crippen molar-refractivity contribution in [2.45, 2.75) is 4.90 Å². The summed E-state index contributed by atoms with van der Waals surface area (Å²) >= 11 is 1.13. The topological polar surface area (TPSA) is 55.1 Å². The van der Waals surface area contributed by atoms with Gasteiger partial charge >= 0.3 is 0 Å². The van der Waals surface area contributed by atoms with Gasteiger partial charge in [-0.3, -0.25) is 5.14 Å². The lowest BCUT2D eigenvalue weighted by atomic mass is 10.1. The van der Waals surface area contributed by atoms with Crippen molar-refractivity contribution in [1.82, 2.24) is 0 Å². The minimum absolute atomic E-state index is 0.765. The third-order valence-corrected chi connectivity index (χ3v) is 4.80. The zero-order valence-corrected chi connectivity index (χ0v) is 13.9. The molecule has 3 rings (SSSR count). The Kier molecular flexibility index (Phi) is 5.12. The molecule has 0 radical (unpaired) electrons. The number of fused-ring (bicyclic) bond motifs is 1. The second-order valence-electron chi connectivity index (χ2n) is 4.92. The third kappa shape index (κ3) is 4.01. The summed E-state index contributed by atoms with van der Waals surface area (Å²) in [5.74, 6) is 0. The summed E-state index contributed by atoms with van der Waals surface area (Å²) in [6.45, 7) is 0. The Hall–Kier alpha value is -2.08. The summed E-state index contributed by atoms with van der Waals surface area (Å²) in [6.07, 6.45) is 1.85. The molecule has 116 valence electrons. The van der Waals surface area contributed by atoms with Crippen LogP contribution in [-0.2, 0) is 11.0 Å². The molecule has 0 bridgehead atoms. The molecule has 3 nitrogen and oxygen atoms in total. The molecular weight excluding hydrogens is 324 g/mol. The number of nitrogens with two attached hydrogens (primary N) is 1. The predicted molar refractivity (Wildman–Crippen MR) is 101 cm³/mol. The highest BCUT2D eigenvalue weighted by atomic mass is 32.2. The number of benzene rings is 3. The standard InChI is InChI=1S/C18H16N2OS2/c19-22-18-8-4-3-7-17(18)20-23(21)12-11-14-9-10-15-5-1-2-6-16(15)13-14/h1-13,20H,19H2/b12-11+. The van der Waals surface area contributed by atoms with Crippen LogP contribution in [0.3, 0.4) is 0 Å². The second kappa shape index (κ2) is 7.46. The van der Waals surface area contributed by atoms with Crippen molar-refractivity contribution in [3.8, 4) is 0 Å². The summed E-state index contributed by atoms with van der Waals surface area (Å²) in [7, 11) is -1.32. The van der Waals surface area contributed by atoms with Gasteiger partial charge in [0, 0.05) is 10.3 Å². The Labute approximate surface area is 142 Å². The van der Waals surface area contributed by atoms with Crippen molar-refractivity contribution in [1.29, 1.82) is 0 Å². The highest BCUT2D eigenvalue weighted by Gasteiger charge is 2.02. The van der Waals surface area contributed by atoms with Gasteiger partial charge in [-0.2, -0.15) is 0 Å². The Balaban J connectivity index is 1.74. The van der Waals surface area contributed by atoms with Crippen LogP contribution in [0, 0.1) is 0 Å². The highest BCUT2D eigenvalue weighted by Crippen LogP contribution is 2.23. The first-order valence-corrected chi connectivity index (χ1v) is 9.15. The van der Waals surface area contributed by atoms with Crippen LogP contribution in [0.1, 0.15) is 5.56 Å². The van der Waals surface area contributed by atoms with Crippen LogP contribution < -0.4 is 9.86 Å². The van der Waals surface area contributed by atoms with Gasteiger partial charge in [0.2, 0.25) is 0 Å². The molecule has 0 amide bonds. The third-order valence-electron chi connectivity index (χ3n) is 3.38. The summed E-state index contributed by atoms with van der Waals surface area (Å²) < 4.78 is 15.1. The van der Waals surface area contributed by atoms with Gasteiger partial charge in [0.05, 0.1) is 5.69 Å². The normalized spacial score (nSPS) is 12.6. The molecule has 1 atom stereocenters. The van der Waals surface area contributed by atoms with Gasteiger partial charge in [-0.1, -0.05) is 48.5 Å². The molecule has 3 aromatic carbocycles. The molecule has 0 aromatic heterocycles. The SMILES string of the molecule is NSc1ccccc1NS(=O)/C=C/c1ccc2ccccc2c1. The summed E-state index contributed by atoms with van der Waals surface area (Å²) in [4.78, 5) is 0.861. The van der Waals surface area contributed by atoms with Crippen molar-refractivity contribution in [2.75, 3.05) is 4.72 Å². The summed E-state index contributed by atoms with van der Waals surface area (Å²) in [6, 6.07) is 21.8. The monoisotopic (exact) mass is 340 g/mol. The molecule has 23 heavy (non-hydrogen) atoms. The Morgan fingerprint density at radius 2 is 1.70 bits per heavy atom. The van der Waals surface area contributed by atoms with E-state index in [1.165, 1.54) is 10.8 Å². The lowest BCUT2D eigenvalue weighted by molar-refractivity contribution is 0.691. The molecule has 0 saturated carbocycles. The second-order valence-corrected chi connectivity index (χ2v) is 6.67. The van der Waals surface area contributed by atoms with Crippen LogP contribution >= 0.6 is 11.9 Å². The maximum Gasteiger partial charge on any atom is 0.142 e. The Morgan fingerprint density at radius 3 is 2.52 bits per heavy atom. The van der Waals surface area contributed by atoms with Gasteiger partial charge in [0.15, 0.2) is 0 Å². The van der Waals surface area contributed by atoms with Crippen molar-refractivity contribution < 1.29 is 4.21 Å². The lowest BCUT2D eigenvalue weighted by Crippen LogP contribution is -2.02. The Morgan fingerprint density at radius 1 is 0.957 bits per heavy atom. The molecule has 0 aliphatic carbocycles. The fraction of sp³-hybridized carbons (Fsp3) is 0. The molecule has 3 N–H and O–H groups in total. The van der Waals surface area contributed by atoms with Gasteiger partial charge < -0.3 is 4.72 Å². The molecule has 0 aliphatic heterocycles. The number of anilines is 1. The van der Waals surface area contributed by atoms with Crippen molar-refractivity contribution in [2.24, 2.45) is 5.14 Å². The quantitative estimate of drug-likeness (QED) is 0.670. The minimum Gasteiger partial charge on any atom is -0.300 e. The van der Waals surface area contributed by atoms with Crippen molar-refractivity contribution in [3.63, 3.8) is 0 Å². The zero-order chi connectivity index (χ0) is 16.1. The lowest BCUT2D eigenvalue weighted by Gasteiger charge is -2.07. The van der Waals surface area contributed by atoms with Gasteiger partial charge in [-0.25, -0.2) is 4.21 Å². The summed E-state index contributed by atoms with van der Waals surface area (Å²) in [5.41, 5.74) is 1.78. The van der Waals surface area contributed by atoms with Crippen molar-refractivity contribution in [3.05, 3.63) is 77.7 Å². The first-order valence-electron chi connectivity index (χ1n) is 7.06. The minimum atomic E-state index is -1.32. The number of para-hydroxylation sites is 1. The van der Waals surface area contributed by atoms with Gasteiger partial charge in [-0.15, -0.1) is 0 Å². The first kappa shape index (κ1) is 15.8. The molecule has 0 fully saturated rings. The molecule has 0 heterocycles. The fourth-order valence-electron chi connectivity index (χ4n) is 2.25. The average molecular weight is 340 g/mol. The van der Waals surface area contributed by atoms with Crippen molar-refractivity contribution >= 4 is 45.5 Å². The van der Waals surface area contributed by atoms with E-state index in [0.29, 0.717) is 0 Å². The van der Waals surface area contributed by atoms with Gasteiger partial charge in [0.25, 0.3) is 0 Å². The number of nitrogens with one attached hydrogen (secondary N) is 1. The van der Waals surface area contributed by atoms with E-state index in [1.54, 1.807) is 5.41 Å². The molecule has 0 saturated heterocycles. The molecular formula is C18H16N2OS2. The van der Waals surface area contributed by atoms with E-state index in [2.05, 4.69) is 29.0 Å². The van der Waals surface area contributed by atoms with Crippen LogP contribution in [0.15, 0.2) is 77.0 Å². The van der Waals surface area contributed by atoms with E-state index in [1.807, 2.05) is 48.5 Å². The maximum absolute atomic E-state index is 12.2. The maximum atomic E-state index is 12.2. The van der Waals surface area contributed by atoms with E-state index in [4.69, 9.17) is 5.14 Å². The molecule has 5 heteroatoms. The zero-order valence-electron chi connectivity index (χ0n) is 12.3. The van der Waals surface area contributed by atoms with E-state index < -0.39 is 11.0 Å². The molecule has 0 spiro atoms. The van der Waals surface area contributed by atoms with Crippen LogP contribution in [0.25, 0.3) is 16.8 Å². The number of hydrogen-bond acceptors (Lipinski definition) is 3. The predicted octanol–water partition coefficient (Wildman–Crippen LogP) is 4.55.